The molecule has 1 aliphatic heterocycles. The Bertz CT molecular complexity index is 380. The Balaban J connectivity index is 0.00000144. The zero-order valence-corrected chi connectivity index (χ0v) is 11.9. The molecule has 1 N–H and O–H groups in total. The van der Waals surface area contributed by atoms with Gasteiger partial charge in [0.15, 0.2) is 0 Å². The van der Waals surface area contributed by atoms with Gasteiger partial charge < -0.3 is 10.2 Å². The summed E-state index contributed by atoms with van der Waals surface area (Å²) < 4.78 is 0. The van der Waals surface area contributed by atoms with E-state index in [0.29, 0.717) is 5.92 Å². The summed E-state index contributed by atoms with van der Waals surface area (Å²) in [6.45, 7) is 4.85. The molecule has 1 aliphatic rings. The number of hydrogen-bond donors (Lipinski definition) is 1. The number of thiophene rings is 1. The first-order chi connectivity index (χ1) is 7.70. The first kappa shape index (κ1) is 14.5. The third-order valence-electron chi connectivity index (χ3n) is 3.02. The minimum atomic E-state index is 0. The van der Waals surface area contributed by atoms with Gasteiger partial charge in [-0.05, 0) is 45.0 Å². The molecule has 1 saturated heterocycles. The lowest BCUT2D eigenvalue weighted by molar-refractivity contribution is 0.0792. The molecule has 1 unspecified atom stereocenters. The molecule has 0 aliphatic carbocycles. The molecule has 5 heteroatoms. The van der Waals surface area contributed by atoms with E-state index in [-0.39, 0.29) is 18.3 Å². The average molecular weight is 275 g/mol. The molecule has 2 rings (SSSR count). The number of aryl methyl sites for hydroxylation is 1. The van der Waals surface area contributed by atoms with Crippen LogP contribution in [0.4, 0.5) is 0 Å². The van der Waals surface area contributed by atoms with Crippen molar-refractivity contribution in [3.63, 3.8) is 0 Å². The molecular weight excluding hydrogens is 256 g/mol. The van der Waals surface area contributed by atoms with Crippen LogP contribution >= 0.6 is 23.7 Å². The summed E-state index contributed by atoms with van der Waals surface area (Å²) in [7, 11) is 1.97. The van der Waals surface area contributed by atoms with Gasteiger partial charge in [-0.1, -0.05) is 0 Å². The number of nitrogens with zero attached hydrogens (tertiary/aromatic N) is 1. The third-order valence-corrected chi connectivity index (χ3v) is 4.01. The summed E-state index contributed by atoms with van der Waals surface area (Å²) in [5.74, 6) is 0.826. The van der Waals surface area contributed by atoms with E-state index in [2.05, 4.69) is 5.32 Å². The number of hydrogen-bond acceptors (Lipinski definition) is 3. The predicted octanol–water partition coefficient (Wildman–Crippen LogP) is 2.16. The topological polar surface area (TPSA) is 32.3 Å². The summed E-state index contributed by atoms with van der Waals surface area (Å²) in [5, 5.41) is 3.18. The molecule has 3 nitrogen and oxygen atoms in total. The number of halogens is 1. The lowest BCUT2D eigenvalue weighted by Gasteiger charge is -2.15. The molecule has 2 heterocycles. The Morgan fingerprint density at radius 3 is 2.94 bits per heavy atom. The van der Waals surface area contributed by atoms with Crippen molar-refractivity contribution in [1.29, 1.82) is 0 Å². The van der Waals surface area contributed by atoms with Gasteiger partial charge in [-0.25, -0.2) is 0 Å². The van der Waals surface area contributed by atoms with E-state index in [1.165, 1.54) is 4.88 Å². The number of rotatable bonds is 3. The van der Waals surface area contributed by atoms with Crippen LogP contribution in [0.5, 0.6) is 0 Å². The number of amides is 1. The van der Waals surface area contributed by atoms with Crippen LogP contribution in [-0.4, -0.2) is 37.5 Å². The summed E-state index contributed by atoms with van der Waals surface area (Å²) in [4.78, 5) is 16.2. The van der Waals surface area contributed by atoms with E-state index in [1.807, 2.05) is 31.0 Å². The Morgan fingerprint density at radius 1 is 1.59 bits per heavy atom. The first-order valence-corrected chi connectivity index (χ1v) is 6.52. The van der Waals surface area contributed by atoms with Crippen molar-refractivity contribution in [1.82, 2.24) is 10.2 Å². The van der Waals surface area contributed by atoms with Gasteiger partial charge in [-0.15, -0.1) is 23.7 Å². The quantitative estimate of drug-likeness (QED) is 0.916. The van der Waals surface area contributed by atoms with Crippen LogP contribution in [0.1, 0.15) is 21.0 Å². The normalized spacial score (nSPS) is 19.2. The summed E-state index contributed by atoms with van der Waals surface area (Å²) in [6, 6.07) is 3.95. The van der Waals surface area contributed by atoms with Crippen LogP contribution in [0.15, 0.2) is 12.1 Å². The number of likely N-dealkylation sites (tertiary alicyclic amines) is 1. The van der Waals surface area contributed by atoms with Gasteiger partial charge in [-0.3, -0.25) is 4.79 Å². The molecule has 0 bridgehead atoms. The molecule has 1 amide bonds. The van der Waals surface area contributed by atoms with Gasteiger partial charge in [0, 0.05) is 18.0 Å². The Hall–Kier alpha value is -0.580. The molecule has 0 radical (unpaired) electrons. The second-order valence-electron chi connectivity index (χ2n) is 4.37. The maximum atomic E-state index is 12.1. The van der Waals surface area contributed by atoms with Crippen molar-refractivity contribution in [3.8, 4) is 0 Å². The Labute approximate surface area is 113 Å². The van der Waals surface area contributed by atoms with Crippen LogP contribution in [0, 0.1) is 12.8 Å². The number of nitrogens with one attached hydrogen (secondary N) is 1. The largest absolute Gasteiger partial charge is 0.338 e. The lowest BCUT2D eigenvalue weighted by Crippen LogP contribution is -2.29. The molecule has 1 fully saturated rings. The second kappa shape index (κ2) is 6.38. The first-order valence-electron chi connectivity index (χ1n) is 5.71. The summed E-state index contributed by atoms with van der Waals surface area (Å²) in [6.07, 6.45) is 1.12. The van der Waals surface area contributed by atoms with E-state index in [0.717, 1.165) is 30.9 Å². The highest BCUT2D eigenvalue weighted by Gasteiger charge is 2.26. The molecule has 1 aromatic rings. The van der Waals surface area contributed by atoms with E-state index < -0.39 is 0 Å². The molecular formula is C12H19ClN2OS. The Morgan fingerprint density at radius 2 is 2.35 bits per heavy atom. The summed E-state index contributed by atoms with van der Waals surface area (Å²) >= 11 is 1.59. The predicted molar refractivity (Wildman–Crippen MR) is 74.2 cm³/mol. The number of carbonyl (C=O) groups is 1. The van der Waals surface area contributed by atoms with Gasteiger partial charge in [0.2, 0.25) is 0 Å². The van der Waals surface area contributed by atoms with E-state index >= 15 is 0 Å². The van der Waals surface area contributed by atoms with Gasteiger partial charge in [0.25, 0.3) is 5.91 Å². The van der Waals surface area contributed by atoms with Crippen molar-refractivity contribution in [2.45, 2.75) is 13.3 Å². The van der Waals surface area contributed by atoms with Crippen LogP contribution in [0.2, 0.25) is 0 Å². The van der Waals surface area contributed by atoms with Crippen LogP contribution in [0.25, 0.3) is 0 Å². The minimum absolute atomic E-state index is 0. The fourth-order valence-electron chi connectivity index (χ4n) is 2.18. The minimum Gasteiger partial charge on any atom is -0.338 e. The van der Waals surface area contributed by atoms with Crippen molar-refractivity contribution in [2.24, 2.45) is 5.92 Å². The van der Waals surface area contributed by atoms with Gasteiger partial charge >= 0.3 is 0 Å². The van der Waals surface area contributed by atoms with E-state index in [4.69, 9.17) is 0 Å². The van der Waals surface area contributed by atoms with Crippen molar-refractivity contribution in [2.75, 3.05) is 26.7 Å². The van der Waals surface area contributed by atoms with Crippen LogP contribution in [-0.2, 0) is 0 Å². The zero-order chi connectivity index (χ0) is 11.5. The lowest BCUT2D eigenvalue weighted by atomic mass is 10.1. The third kappa shape index (κ3) is 3.44. The molecule has 1 atom stereocenters. The molecule has 17 heavy (non-hydrogen) atoms. The highest BCUT2D eigenvalue weighted by molar-refractivity contribution is 7.13. The van der Waals surface area contributed by atoms with E-state index in [1.54, 1.807) is 11.3 Å². The second-order valence-corrected chi connectivity index (χ2v) is 5.66. The monoisotopic (exact) mass is 274 g/mol. The van der Waals surface area contributed by atoms with Crippen molar-refractivity contribution >= 4 is 29.7 Å². The molecule has 0 aromatic carbocycles. The summed E-state index contributed by atoms with van der Waals surface area (Å²) in [5.41, 5.74) is 0. The van der Waals surface area contributed by atoms with Crippen molar-refractivity contribution < 1.29 is 4.79 Å². The van der Waals surface area contributed by atoms with Gasteiger partial charge in [0.1, 0.15) is 0 Å². The number of carbonyl (C=O) groups excluding carboxylic acids is 1. The molecule has 1 aromatic heterocycles. The van der Waals surface area contributed by atoms with E-state index in [9.17, 15) is 4.79 Å². The smallest absolute Gasteiger partial charge is 0.263 e. The highest BCUT2D eigenvalue weighted by Crippen LogP contribution is 2.22. The SMILES string of the molecule is CNCC1CCN(C(=O)c2ccc(C)s2)C1.Cl. The van der Waals surface area contributed by atoms with Gasteiger partial charge in [-0.2, -0.15) is 0 Å². The molecule has 0 saturated carbocycles. The molecule has 0 spiro atoms. The molecule has 96 valence electrons. The highest BCUT2D eigenvalue weighted by atomic mass is 35.5. The maximum absolute atomic E-state index is 12.1. The maximum Gasteiger partial charge on any atom is 0.263 e. The van der Waals surface area contributed by atoms with Crippen LogP contribution in [0.3, 0.4) is 0 Å². The standard InChI is InChI=1S/C12H18N2OS.ClH/c1-9-3-4-11(16-9)12(15)14-6-5-10(8-14)7-13-2;/h3-4,10,13H,5-8H2,1-2H3;1H. The zero-order valence-electron chi connectivity index (χ0n) is 10.2. The van der Waals surface area contributed by atoms with Crippen LogP contribution < -0.4 is 5.32 Å². The van der Waals surface area contributed by atoms with Gasteiger partial charge in [0.05, 0.1) is 4.88 Å². The van der Waals surface area contributed by atoms with Crippen molar-refractivity contribution in [3.05, 3.63) is 21.9 Å². The fourth-order valence-corrected chi connectivity index (χ4v) is 3.01. The fraction of sp³-hybridized carbons (Fsp3) is 0.583. The Kier molecular flexibility index (Phi) is 5.43. The average Bonchev–Trinajstić information content (AvgIpc) is 2.87.